The molecule has 7 N–H and O–H groups in total. The van der Waals surface area contributed by atoms with Gasteiger partial charge in [0.2, 0.25) is 5.95 Å². The summed E-state index contributed by atoms with van der Waals surface area (Å²) in [6.07, 6.45) is 0.0297. The van der Waals surface area contributed by atoms with E-state index in [4.69, 9.17) is 20.9 Å². The first-order valence-corrected chi connectivity index (χ1v) is 13.2. The molecule has 2 rings (SSSR count). The quantitative estimate of drug-likeness (QED) is 0.121. The van der Waals surface area contributed by atoms with E-state index in [9.17, 15) is 19.2 Å². The van der Waals surface area contributed by atoms with Crippen LogP contribution < -0.4 is 27.7 Å². The summed E-state index contributed by atoms with van der Waals surface area (Å²) < 4.78 is 10.2. The lowest BCUT2D eigenvalue weighted by Crippen LogP contribution is -2.42. The van der Waals surface area contributed by atoms with Crippen LogP contribution in [0.25, 0.3) is 0 Å². The van der Waals surface area contributed by atoms with Gasteiger partial charge in [-0.15, -0.1) is 0 Å². The fourth-order valence-electron chi connectivity index (χ4n) is 3.06. The molecule has 1 aromatic carbocycles. The van der Waals surface area contributed by atoms with Crippen molar-refractivity contribution < 1.29 is 23.9 Å². The number of hydrogen-bond acceptors (Lipinski definition) is 11. The third-order valence-electron chi connectivity index (χ3n) is 4.89. The molecule has 0 saturated carbocycles. The maximum Gasteiger partial charge on any atom is 0.328 e. The Bertz CT molecular complexity index is 1130. The average Bonchev–Trinajstić information content (AvgIpc) is 2.87. The number of halogens is 1. The van der Waals surface area contributed by atoms with E-state index in [-0.39, 0.29) is 47.3 Å². The van der Waals surface area contributed by atoms with Crippen LogP contribution in [0.2, 0.25) is 0 Å². The maximum absolute atomic E-state index is 12.7. The van der Waals surface area contributed by atoms with Crippen molar-refractivity contribution >= 4 is 57.2 Å². The number of nitrogens with two attached hydrogens (primary N) is 2. The lowest BCUT2D eigenvalue weighted by Gasteiger charge is -2.18. The highest BCUT2D eigenvalue weighted by Gasteiger charge is 2.24. The molecular formula is C23H31BrN6O6S. The third-order valence-corrected chi connectivity index (χ3v) is 7.10. The van der Waals surface area contributed by atoms with Gasteiger partial charge in [-0.1, -0.05) is 11.8 Å². The minimum Gasteiger partial charge on any atom is -0.466 e. The van der Waals surface area contributed by atoms with Crippen molar-refractivity contribution in [2.75, 3.05) is 37.4 Å². The first-order valence-electron chi connectivity index (χ1n) is 11.6. The van der Waals surface area contributed by atoms with Crippen molar-refractivity contribution in [3.63, 3.8) is 0 Å². The number of anilines is 2. The number of H-pyrrole nitrogens is 1. The van der Waals surface area contributed by atoms with E-state index in [0.29, 0.717) is 23.7 Å². The zero-order valence-electron chi connectivity index (χ0n) is 20.5. The highest BCUT2D eigenvalue weighted by atomic mass is 79.9. The number of carbonyl (C=O) groups excluding carboxylic acids is 3. The lowest BCUT2D eigenvalue weighted by molar-refractivity contribution is -0.146. The Morgan fingerprint density at radius 3 is 2.46 bits per heavy atom. The second kappa shape index (κ2) is 15.2. The van der Waals surface area contributed by atoms with Gasteiger partial charge in [0.15, 0.2) is 0 Å². The van der Waals surface area contributed by atoms with Gasteiger partial charge in [-0.25, -0.2) is 9.78 Å². The summed E-state index contributed by atoms with van der Waals surface area (Å²) in [6.45, 7) is 4.48. The summed E-state index contributed by atoms with van der Waals surface area (Å²) in [5, 5.41) is 6.17. The molecule has 1 unspecified atom stereocenters. The van der Waals surface area contributed by atoms with Crippen molar-refractivity contribution in [1.29, 1.82) is 0 Å². The second-order valence-electron chi connectivity index (χ2n) is 7.63. The molecule has 1 heterocycles. The number of benzene rings is 1. The van der Waals surface area contributed by atoms with Gasteiger partial charge in [0.1, 0.15) is 15.5 Å². The number of nitrogens with one attached hydrogen (secondary N) is 3. The molecule has 2 atom stereocenters. The van der Waals surface area contributed by atoms with E-state index in [1.165, 1.54) is 11.8 Å². The fraction of sp³-hybridized carbons (Fsp3) is 0.435. The Morgan fingerprint density at radius 1 is 1.16 bits per heavy atom. The van der Waals surface area contributed by atoms with Crippen molar-refractivity contribution in [2.24, 2.45) is 5.73 Å². The Labute approximate surface area is 226 Å². The van der Waals surface area contributed by atoms with Gasteiger partial charge in [0.25, 0.3) is 11.5 Å². The van der Waals surface area contributed by atoms with Crippen LogP contribution in [0.15, 0.2) is 38.6 Å². The molecule has 1 aromatic heterocycles. The number of esters is 2. The number of rotatable bonds is 14. The Morgan fingerprint density at radius 2 is 1.84 bits per heavy atom. The molecule has 0 aliphatic heterocycles. The molecule has 0 radical (unpaired) electrons. The summed E-state index contributed by atoms with van der Waals surface area (Å²) in [5.74, 6) is -1.54. The van der Waals surface area contributed by atoms with Gasteiger partial charge in [-0.3, -0.25) is 19.4 Å². The van der Waals surface area contributed by atoms with Gasteiger partial charge < -0.3 is 31.6 Å². The number of aromatic nitrogens is 2. The van der Waals surface area contributed by atoms with Crippen molar-refractivity contribution in [2.45, 2.75) is 43.0 Å². The second-order valence-corrected chi connectivity index (χ2v) is 9.71. The number of amides is 1. The molecule has 2 aromatic rings. The van der Waals surface area contributed by atoms with Gasteiger partial charge >= 0.3 is 11.9 Å². The molecule has 0 fully saturated rings. The topological polar surface area (TPSA) is 192 Å². The molecule has 12 nitrogen and oxygen atoms in total. The van der Waals surface area contributed by atoms with Gasteiger partial charge in [0, 0.05) is 36.0 Å². The molecule has 0 aliphatic carbocycles. The maximum atomic E-state index is 12.7. The first kappa shape index (κ1) is 30.1. The predicted octanol–water partition coefficient (Wildman–Crippen LogP) is 1.65. The fourth-order valence-corrected chi connectivity index (χ4v) is 4.46. The molecule has 202 valence electrons. The number of aromatic amines is 1. The number of hydrogen-bond donors (Lipinski definition) is 5. The average molecular weight is 600 g/mol. The van der Waals surface area contributed by atoms with E-state index in [0.717, 1.165) is 5.69 Å². The SMILES string of the molecule is CCOC(=O)CC[C@H](NC(=O)c1ccc(NCC(CN)Sc2nc(N)[nH]c(=O)c2Br)cc1)C(=O)OCC. The molecule has 37 heavy (non-hydrogen) atoms. The van der Waals surface area contributed by atoms with E-state index < -0.39 is 23.9 Å². The van der Waals surface area contributed by atoms with E-state index in [2.05, 4.69) is 36.5 Å². The number of nitrogens with zero attached hydrogens (tertiary/aromatic N) is 1. The summed E-state index contributed by atoms with van der Waals surface area (Å²) >= 11 is 4.52. The standard InChI is InChI=1S/C23H31BrN6O6S/c1-3-35-17(31)10-9-16(22(34)36-4-2)28-19(32)13-5-7-14(8-6-13)27-12-15(11-25)37-21-18(24)20(33)29-23(26)30-21/h5-8,15-16,27H,3-4,9-12,25H2,1-2H3,(H,28,32)(H3,26,29,30,33)/t15?,16-/m0/s1. The van der Waals surface area contributed by atoms with Crippen molar-refractivity contribution in [3.8, 4) is 0 Å². The molecule has 14 heteroatoms. The van der Waals surface area contributed by atoms with Crippen molar-refractivity contribution in [1.82, 2.24) is 15.3 Å². The van der Waals surface area contributed by atoms with Gasteiger partial charge in [0.05, 0.1) is 13.2 Å². The molecule has 0 spiro atoms. The van der Waals surface area contributed by atoms with Gasteiger partial charge in [-0.05, 0) is 60.5 Å². The number of thioether (sulfide) groups is 1. The highest BCUT2D eigenvalue weighted by Crippen LogP contribution is 2.27. The van der Waals surface area contributed by atoms with Crippen LogP contribution in [0.5, 0.6) is 0 Å². The first-order chi connectivity index (χ1) is 17.7. The molecular weight excluding hydrogens is 568 g/mol. The Hall–Kier alpha value is -3.10. The smallest absolute Gasteiger partial charge is 0.328 e. The van der Waals surface area contributed by atoms with Crippen LogP contribution in [0.4, 0.5) is 11.6 Å². The monoisotopic (exact) mass is 598 g/mol. The predicted molar refractivity (Wildman–Crippen MR) is 144 cm³/mol. The van der Waals surface area contributed by atoms with E-state index in [1.54, 1.807) is 38.1 Å². The molecule has 1 amide bonds. The van der Waals surface area contributed by atoms with E-state index in [1.807, 2.05) is 0 Å². The summed E-state index contributed by atoms with van der Waals surface area (Å²) in [4.78, 5) is 55.1. The molecule has 0 bridgehead atoms. The van der Waals surface area contributed by atoms with Gasteiger partial charge in [-0.2, -0.15) is 0 Å². The summed E-state index contributed by atoms with van der Waals surface area (Å²) in [6, 6.07) is 5.65. The molecule has 0 saturated heterocycles. The van der Waals surface area contributed by atoms with Crippen LogP contribution >= 0.6 is 27.7 Å². The minimum absolute atomic E-state index is 0.0133. The zero-order valence-corrected chi connectivity index (χ0v) is 22.9. The number of ether oxygens (including phenoxy) is 2. The van der Waals surface area contributed by atoms with Crippen LogP contribution in [-0.4, -0.2) is 65.4 Å². The third kappa shape index (κ3) is 9.70. The highest BCUT2D eigenvalue weighted by molar-refractivity contribution is 9.10. The summed E-state index contributed by atoms with van der Waals surface area (Å²) in [5.41, 5.74) is 12.2. The summed E-state index contributed by atoms with van der Waals surface area (Å²) in [7, 11) is 0. The normalized spacial score (nSPS) is 12.3. The Balaban J connectivity index is 1.98. The van der Waals surface area contributed by atoms with Crippen LogP contribution in [0, 0.1) is 0 Å². The van der Waals surface area contributed by atoms with Crippen LogP contribution in [-0.2, 0) is 19.1 Å². The zero-order chi connectivity index (χ0) is 27.4. The van der Waals surface area contributed by atoms with Crippen molar-refractivity contribution in [3.05, 3.63) is 44.7 Å². The van der Waals surface area contributed by atoms with E-state index >= 15 is 0 Å². The van der Waals surface area contributed by atoms with Crippen LogP contribution in [0.1, 0.15) is 37.0 Å². The number of nitrogen functional groups attached to an aromatic ring is 1. The largest absolute Gasteiger partial charge is 0.466 e. The lowest BCUT2D eigenvalue weighted by atomic mass is 10.1. The van der Waals surface area contributed by atoms with Crippen LogP contribution in [0.3, 0.4) is 0 Å². The molecule has 0 aliphatic rings. The number of carbonyl (C=O) groups is 3. The minimum atomic E-state index is -0.982. The Kier molecular flexibility index (Phi) is 12.4.